The third kappa shape index (κ3) is 2.73. The molecule has 0 aromatic heterocycles. The summed E-state index contributed by atoms with van der Waals surface area (Å²) in [7, 11) is 0. The highest BCUT2D eigenvalue weighted by molar-refractivity contribution is 5.57. The molecule has 1 heterocycles. The van der Waals surface area contributed by atoms with E-state index in [1.165, 1.54) is 5.56 Å². The van der Waals surface area contributed by atoms with E-state index in [1.54, 1.807) is 0 Å². The van der Waals surface area contributed by atoms with Gasteiger partial charge in [0.25, 0.3) is 0 Å². The van der Waals surface area contributed by atoms with Gasteiger partial charge in [-0.1, -0.05) is 30.3 Å². The highest BCUT2D eigenvalue weighted by Crippen LogP contribution is 2.20. The zero-order valence-electron chi connectivity index (χ0n) is 9.00. The molecule has 1 aromatic carbocycles. The number of likely N-dealkylation sites (tertiary alicyclic amines) is 1. The molecular weight excluding hydrogens is 206 g/mol. The Balaban J connectivity index is 1.96. The van der Waals surface area contributed by atoms with Crippen molar-refractivity contribution in [2.45, 2.75) is 25.6 Å². The lowest BCUT2D eigenvalue weighted by molar-refractivity contribution is -0.0169. The highest BCUT2D eigenvalue weighted by atomic mass is 16.7. The van der Waals surface area contributed by atoms with E-state index in [9.17, 15) is 4.79 Å². The molecule has 1 saturated heterocycles. The van der Waals surface area contributed by atoms with E-state index < -0.39 is 6.16 Å². The maximum absolute atomic E-state index is 10.5. The zero-order chi connectivity index (χ0) is 11.4. The molecule has 1 N–H and O–H groups in total. The van der Waals surface area contributed by atoms with Crippen molar-refractivity contribution in [3.8, 4) is 0 Å². The summed E-state index contributed by atoms with van der Waals surface area (Å²) in [6.45, 7) is 1.64. The molecule has 0 bridgehead atoms. The number of carboxylic acid groups (broad SMARTS) is 1. The molecule has 0 saturated carbocycles. The zero-order valence-corrected chi connectivity index (χ0v) is 9.00. The lowest BCUT2D eigenvalue weighted by Gasteiger charge is -2.22. The normalized spacial score (nSPS) is 20.9. The Bertz CT molecular complexity index is 353. The monoisotopic (exact) mass is 221 g/mol. The second-order valence-electron chi connectivity index (χ2n) is 3.94. The third-order valence-electron chi connectivity index (χ3n) is 2.77. The van der Waals surface area contributed by atoms with Crippen LogP contribution in [0.3, 0.4) is 0 Å². The average molecular weight is 221 g/mol. The molecule has 0 aliphatic carbocycles. The van der Waals surface area contributed by atoms with Gasteiger partial charge in [-0.15, -0.1) is 0 Å². The largest absolute Gasteiger partial charge is 0.507 e. The molecule has 0 amide bonds. The smallest absolute Gasteiger partial charge is 0.450 e. The molecular formula is C12H15NO3. The summed E-state index contributed by atoms with van der Waals surface area (Å²) in [5, 5.41) is 8.61. The van der Waals surface area contributed by atoms with E-state index >= 15 is 0 Å². The first kappa shape index (κ1) is 11.0. The van der Waals surface area contributed by atoms with Crippen LogP contribution in [0.15, 0.2) is 30.3 Å². The van der Waals surface area contributed by atoms with Crippen molar-refractivity contribution >= 4 is 6.16 Å². The molecule has 0 spiro atoms. The van der Waals surface area contributed by atoms with Gasteiger partial charge in [0.1, 0.15) is 0 Å². The third-order valence-corrected chi connectivity index (χ3v) is 2.77. The number of carbonyl (C=O) groups is 1. The Hall–Kier alpha value is -1.55. The topological polar surface area (TPSA) is 49.8 Å². The standard InChI is InChI=1S/C12H15NO3/c14-12(15)16-11-7-4-8-13(11)9-10-5-2-1-3-6-10/h1-3,5-6,11H,4,7-9H2,(H,14,15)/t11-/m0/s1. The maximum Gasteiger partial charge on any atom is 0.507 e. The van der Waals surface area contributed by atoms with Crippen LogP contribution < -0.4 is 0 Å². The van der Waals surface area contributed by atoms with E-state index in [2.05, 4.69) is 4.90 Å². The van der Waals surface area contributed by atoms with E-state index in [4.69, 9.17) is 9.84 Å². The molecule has 0 radical (unpaired) electrons. The van der Waals surface area contributed by atoms with E-state index in [0.717, 1.165) is 25.9 Å². The number of nitrogens with zero attached hydrogens (tertiary/aromatic N) is 1. The summed E-state index contributed by atoms with van der Waals surface area (Å²) in [5.74, 6) is 0. The van der Waals surface area contributed by atoms with Gasteiger partial charge in [0.05, 0.1) is 0 Å². The maximum atomic E-state index is 10.5. The van der Waals surface area contributed by atoms with Crippen molar-refractivity contribution in [1.82, 2.24) is 4.90 Å². The van der Waals surface area contributed by atoms with Gasteiger partial charge in [0.15, 0.2) is 6.23 Å². The molecule has 2 rings (SSSR count). The van der Waals surface area contributed by atoms with Gasteiger partial charge in [-0.05, 0) is 18.4 Å². The minimum absolute atomic E-state index is 0.280. The van der Waals surface area contributed by atoms with E-state index in [-0.39, 0.29) is 6.23 Å². The second kappa shape index (κ2) is 4.99. The quantitative estimate of drug-likeness (QED) is 0.796. The minimum atomic E-state index is -1.19. The van der Waals surface area contributed by atoms with Crippen LogP contribution in [0.2, 0.25) is 0 Å². The summed E-state index contributed by atoms with van der Waals surface area (Å²) in [6.07, 6.45) is 0.312. The Labute approximate surface area is 94.4 Å². The first-order valence-corrected chi connectivity index (χ1v) is 5.43. The minimum Gasteiger partial charge on any atom is -0.450 e. The van der Waals surface area contributed by atoms with Crippen LogP contribution in [0.1, 0.15) is 18.4 Å². The Morgan fingerprint density at radius 1 is 1.44 bits per heavy atom. The van der Waals surface area contributed by atoms with Gasteiger partial charge >= 0.3 is 6.16 Å². The Morgan fingerprint density at radius 2 is 2.19 bits per heavy atom. The number of rotatable bonds is 3. The van der Waals surface area contributed by atoms with Crippen LogP contribution in [0.4, 0.5) is 4.79 Å². The van der Waals surface area contributed by atoms with Crippen LogP contribution in [-0.4, -0.2) is 28.9 Å². The highest BCUT2D eigenvalue weighted by Gasteiger charge is 2.27. The van der Waals surface area contributed by atoms with Gasteiger partial charge < -0.3 is 9.84 Å². The molecule has 4 nitrogen and oxygen atoms in total. The van der Waals surface area contributed by atoms with Gasteiger partial charge in [0.2, 0.25) is 0 Å². The molecule has 1 aliphatic rings. The summed E-state index contributed by atoms with van der Waals surface area (Å²) in [5.41, 5.74) is 1.18. The first-order chi connectivity index (χ1) is 7.75. The van der Waals surface area contributed by atoms with Crippen LogP contribution in [0.25, 0.3) is 0 Å². The molecule has 86 valence electrons. The fourth-order valence-corrected chi connectivity index (χ4v) is 2.04. The lowest BCUT2D eigenvalue weighted by atomic mass is 10.2. The number of hydrogen-bond acceptors (Lipinski definition) is 3. The SMILES string of the molecule is O=C(O)O[C@H]1CCCN1Cc1ccccc1. The molecule has 1 aliphatic heterocycles. The summed E-state index contributed by atoms with van der Waals surface area (Å²) >= 11 is 0. The fraction of sp³-hybridized carbons (Fsp3) is 0.417. The summed E-state index contributed by atoms with van der Waals surface area (Å²) in [4.78, 5) is 12.6. The Kier molecular flexibility index (Phi) is 3.41. The molecule has 4 heteroatoms. The molecule has 1 fully saturated rings. The van der Waals surface area contributed by atoms with Crippen molar-refractivity contribution in [1.29, 1.82) is 0 Å². The molecule has 0 unspecified atom stereocenters. The number of benzene rings is 1. The Morgan fingerprint density at radius 3 is 2.88 bits per heavy atom. The van der Waals surface area contributed by atoms with Crippen LogP contribution in [0, 0.1) is 0 Å². The van der Waals surface area contributed by atoms with Gasteiger partial charge in [0, 0.05) is 13.1 Å². The van der Waals surface area contributed by atoms with Gasteiger partial charge in [-0.3, -0.25) is 4.90 Å². The van der Waals surface area contributed by atoms with E-state index in [0.29, 0.717) is 0 Å². The van der Waals surface area contributed by atoms with Gasteiger partial charge in [-0.25, -0.2) is 4.79 Å². The first-order valence-electron chi connectivity index (χ1n) is 5.43. The van der Waals surface area contributed by atoms with Crippen molar-refractivity contribution < 1.29 is 14.6 Å². The van der Waals surface area contributed by atoms with Crippen molar-refractivity contribution in [3.05, 3.63) is 35.9 Å². The molecule has 16 heavy (non-hydrogen) atoms. The number of hydrogen-bond donors (Lipinski definition) is 1. The van der Waals surface area contributed by atoms with Gasteiger partial charge in [-0.2, -0.15) is 0 Å². The van der Waals surface area contributed by atoms with Crippen molar-refractivity contribution in [3.63, 3.8) is 0 Å². The lowest BCUT2D eigenvalue weighted by Crippen LogP contribution is -2.32. The predicted molar refractivity (Wildman–Crippen MR) is 59.0 cm³/mol. The fourth-order valence-electron chi connectivity index (χ4n) is 2.04. The van der Waals surface area contributed by atoms with Crippen LogP contribution >= 0.6 is 0 Å². The molecule has 1 atom stereocenters. The average Bonchev–Trinajstić information content (AvgIpc) is 2.66. The van der Waals surface area contributed by atoms with E-state index in [1.807, 2.05) is 30.3 Å². The summed E-state index contributed by atoms with van der Waals surface area (Å²) < 4.78 is 4.84. The van der Waals surface area contributed by atoms with Crippen LogP contribution in [-0.2, 0) is 11.3 Å². The van der Waals surface area contributed by atoms with Crippen LogP contribution in [0.5, 0.6) is 0 Å². The summed E-state index contributed by atoms with van der Waals surface area (Å²) in [6, 6.07) is 10.0. The predicted octanol–water partition coefficient (Wildman–Crippen LogP) is 2.30. The van der Waals surface area contributed by atoms with Crippen molar-refractivity contribution in [2.75, 3.05) is 6.54 Å². The van der Waals surface area contributed by atoms with Crippen molar-refractivity contribution in [2.24, 2.45) is 0 Å². The second-order valence-corrected chi connectivity index (χ2v) is 3.94. The number of ether oxygens (including phenoxy) is 1. The molecule has 1 aromatic rings.